The molecule has 0 aliphatic rings. The topological polar surface area (TPSA) is 64.3 Å². The average Bonchev–Trinajstić information content (AvgIpc) is 2.45. The number of nitrogen functional groups attached to an aromatic ring is 1. The van der Waals surface area contributed by atoms with Gasteiger partial charge in [0, 0.05) is 21.5 Å². The Morgan fingerprint density at radius 3 is 2.57 bits per heavy atom. The molecule has 0 saturated carbocycles. The van der Waals surface area contributed by atoms with E-state index in [1.54, 1.807) is 19.1 Å². The minimum atomic E-state index is -0.411. The van der Waals surface area contributed by atoms with Gasteiger partial charge in [-0.3, -0.25) is 0 Å². The zero-order valence-electron chi connectivity index (χ0n) is 11.9. The van der Waals surface area contributed by atoms with Crippen molar-refractivity contribution in [3.8, 4) is 0 Å². The molecule has 0 radical (unpaired) electrons. The van der Waals surface area contributed by atoms with E-state index in [0.29, 0.717) is 17.9 Å². The molecule has 0 spiro atoms. The van der Waals surface area contributed by atoms with Gasteiger partial charge in [-0.25, -0.2) is 4.79 Å². The normalized spacial score (nSPS) is 10.2. The summed E-state index contributed by atoms with van der Waals surface area (Å²) in [4.78, 5) is 11.8. The number of hydrogen-bond donors (Lipinski definition) is 2. The number of benzene rings is 2. The second-order valence-electron chi connectivity index (χ2n) is 4.61. The number of esters is 1. The van der Waals surface area contributed by atoms with Crippen molar-refractivity contribution in [2.75, 3.05) is 17.7 Å². The first-order valence-corrected chi connectivity index (χ1v) is 7.40. The van der Waals surface area contributed by atoms with E-state index in [1.807, 2.05) is 31.2 Å². The number of hydrogen-bond acceptors (Lipinski definition) is 4. The summed E-state index contributed by atoms with van der Waals surface area (Å²) in [5, 5.41) is 3.25. The Morgan fingerprint density at radius 2 is 1.90 bits per heavy atom. The van der Waals surface area contributed by atoms with Crippen LogP contribution in [0.15, 0.2) is 40.9 Å². The number of nitrogens with two attached hydrogens (primary N) is 1. The molecule has 0 aromatic heterocycles. The molecule has 0 heterocycles. The lowest BCUT2D eigenvalue weighted by Crippen LogP contribution is -2.08. The van der Waals surface area contributed by atoms with Crippen molar-refractivity contribution in [2.24, 2.45) is 0 Å². The Labute approximate surface area is 132 Å². The van der Waals surface area contributed by atoms with Crippen molar-refractivity contribution in [1.29, 1.82) is 0 Å². The van der Waals surface area contributed by atoms with E-state index in [-0.39, 0.29) is 0 Å². The number of nitrogens with one attached hydrogen (secondary N) is 1. The maximum absolute atomic E-state index is 11.8. The van der Waals surface area contributed by atoms with Crippen LogP contribution in [0.4, 0.5) is 17.1 Å². The average molecular weight is 349 g/mol. The van der Waals surface area contributed by atoms with Gasteiger partial charge in [0.1, 0.15) is 0 Å². The number of anilines is 3. The van der Waals surface area contributed by atoms with Crippen LogP contribution in [0.3, 0.4) is 0 Å². The van der Waals surface area contributed by atoms with Crippen molar-refractivity contribution >= 4 is 39.0 Å². The van der Waals surface area contributed by atoms with Crippen LogP contribution in [0.5, 0.6) is 0 Å². The molecule has 0 aliphatic heterocycles. The van der Waals surface area contributed by atoms with Gasteiger partial charge in [0.15, 0.2) is 0 Å². The number of aryl methyl sites for hydroxylation is 1. The van der Waals surface area contributed by atoms with Gasteiger partial charge in [-0.15, -0.1) is 0 Å². The predicted octanol–water partition coefficient (Wildman–Crippen LogP) is 4.26. The Kier molecular flexibility index (Phi) is 4.85. The van der Waals surface area contributed by atoms with Crippen LogP contribution in [0, 0.1) is 6.92 Å². The Hall–Kier alpha value is -2.01. The molecule has 0 amide bonds. The van der Waals surface area contributed by atoms with E-state index < -0.39 is 5.97 Å². The second kappa shape index (κ2) is 6.63. The fourth-order valence-electron chi connectivity index (χ4n) is 1.91. The molecule has 0 saturated heterocycles. The van der Waals surface area contributed by atoms with Crippen LogP contribution >= 0.6 is 15.9 Å². The molecule has 0 aliphatic carbocycles. The van der Waals surface area contributed by atoms with Gasteiger partial charge < -0.3 is 15.8 Å². The molecule has 3 N–H and O–H groups in total. The number of halogens is 1. The van der Waals surface area contributed by atoms with E-state index in [1.165, 1.54) is 0 Å². The van der Waals surface area contributed by atoms with Crippen LogP contribution in [0.1, 0.15) is 22.8 Å². The van der Waals surface area contributed by atoms with Gasteiger partial charge in [0.05, 0.1) is 12.2 Å². The molecular formula is C16H17BrN2O2. The fourth-order valence-corrected chi connectivity index (χ4v) is 2.16. The lowest BCUT2D eigenvalue weighted by molar-refractivity contribution is 0.0527. The molecule has 2 aromatic carbocycles. The molecule has 21 heavy (non-hydrogen) atoms. The lowest BCUT2D eigenvalue weighted by Gasteiger charge is -2.11. The van der Waals surface area contributed by atoms with Crippen LogP contribution in [0.2, 0.25) is 0 Å². The van der Waals surface area contributed by atoms with E-state index in [4.69, 9.17) is 10.5 Å². The third-order valence-electron chi connectivity index (χ3n) is 3.00. The van der Waals surface area contributed by atoms with E-state index in [0.717, 1.165) is 21.4 Å². The van der Waals surface area contributed by atoms with E-state index >= 15 is 0 Å². The van der Waals surface area contributed by atoms with Gasteiger partial charge in [-0.05, 0) is 55.8 Å². The molecule has 2 aromatic rings. The maximum atomic E-state index is 11.8. The molecule has 0 unspecified atom stereocenters. The van der Waals surface area contributed by atoms with Crippen LogP contribution in [0.25, 0.3) is 0 Å². The quantitative estimate of drug-likeness (QED) is 0.639. The highest BCUT2D eigenvalue weighted by Gasteiger charge is 2.11. The third kappa shape index (κ3) is 3.76. The SMILES string of the molecule is CCOC(=O)c1cc(Nc2ccc(Br)c(C)c2)ccc1N. The molecule has 4 nitrogen and oxygen atoms in total. The molecule has 5 heteroatoms. The summed E-state index contributed by atoms with van der Waals surface area (Å²) < 4.78 is 6.05. The first-order chi connectivity index (χ1) is 10.0. The largest absolute Gasteiger partial charge is 0.462 e. The minimum Gasteiger partial charge on any atom is -0.462 e. The van der Waals surface area contributed by atoms with Crippen molar-refractivity contribution in [1.82, 2.24) is 0 Å². The van der Waals surface area contributed by atoms with Crippen molar-refractivity contribution in [3.63, 3.8) is 0 Å². The van der Waals surface area contributed by atoms with E-state index in [9.17, 15) is 4.79 Å². The van der Waals surface area contributed by atoms with E-state index in [2.05, 4.69) is 21.2 Å². The zero-order chi connectivity index (χ0) is 15.4. The zero-order valence-corrected chi connectivity index (χ0v) is 13.5. The standard InChI is InChI=1S/C16H17BrN2O2/c1-3-21-16(20)13-9-12(5-7-15(13)18)19-11-4-6-14(17)10(2)8-11/h4-9,19H,3,18H2,1-2H3. The Morgan fingerprint density at radius 1 is 1.24 bits per heavy atom. The van der Waals surface area contributed by atoms with Crippen molar-refractivity contribution in [2.45, 2.75) is 13.8 Å². The van der Waals surface area contributed by atoms with Gasteiger partial charge in [-0.2, -0.15) is 0 Å². The van der Waals surface area contributed by atoms with Crippen molar-refractivity contribution < 1.29 is 9.53 Å². The highest BCUT2D eigenvalue weighted by molar-refractivity contribution is 9.10. The first kappa shape index (κ1) is 15.4. The highest BCUT2D eigenvalue weighted by atomic mass is 79.9. The predicted molar refractivity (Wildman–Crippen MR) is 89.0 cm³/mol. The maximum Gasteiger partial charge on any atom is 0.340 e. The Bertz CT molecular complexity index is 671. The van der Waals surface area contributed by atoms with Gasteiger partial charge in [-0.1, -0.05) is 15.9 Å². The van der Waals surface area contributed by atoms with Gasteiger partial charge >= 0.3 is 5.97 Å². The summed E-state index contributed by atoms with van der Waals surface area (Å²) >= 11 is 3.47. The highest BCUT2D eigenvalue weighted by Crippen LogP contribution is 2.25. The van der Waals surface area contributed by atoms with Crippen LogP contribution in [-0.2, 0) is 4.74 Å². The third-order valence-corrected chi connectivity index (χ3v) is 3.89. The molecule has 2 rings (SSSR count). The second-order valence-corrected chi connectivity index (χ2v) is 5.47. The summed E-state index contributed by atoms with van der Waals surface area (Å²) in [6.07, 6.45) is 0. The molecule has 0 atom stereocenters. The summed E-state index contributed by atoms with van der Waals surface area (Å²) in [6.45, 7) is 4.10. The van der Waals surface area contributed by atoms with Crippen LogP contribution < -0.4 is 11.1 Å². The van der Waals surface area contributed by atoms with Crippen molar-refractivity contribution in [3.05, 3.63) is 52.0 Å². The minimum absolute atomic E-state index is 0.321. The van der Waals surface area contributed by atoms with Gasteiger partial charge in [0.25, 0.3) is 0 Å². The number of ether oxygens (including phenoxy) is 1. The first-order valence-electron chi connectivity index (χ1n) is 6.61. The summed E-state index contributed by atoms with van der Waals surface area (Å²) in [5.41, 5.74) is 9.45. The summed E-state index contributed by atoms with van der Waals surface area (Å²) in [5.74, 6) is -0.411. The van der Waals surface area contributed by atoms with Gasteiger partial charge in [0.2, 0.25) is 0 Å². The number of carbonyl (C=O) groups is 1. The number of rotatable bonds is 4. The molecular weight excluding hydrogens is 332 g/mol. The summed E-state index contributed by atoms with van der Waals surface area (Å²) in [6, 6.07) is 11.2. The lowest BCUT2D eigenvalue weighted by atomic mass is 10.1. The number of carbonyl (C=O) groups excluding carboxylic acids is 1. The van der Waals surface area contributed by atoms with Crippen LogP contribution in [-0.4, -0.2) is 12.6 Å². The molecule has 110 valence electrons. The monoisotopic (exact) mass is 348 g/mol. The fraction of sp³-hybridized carbons (Fsp3) is 0.188. The smallest absolute Gasteiger partial charge is 0.340 e. The molecule has 0 fully saturated rings. The summed E-state index contributed by atoms with van der Waals surface area (Å²) in [7, 11) is 0. The Balaban J connectivity index is 2.26. The molecule has 0 bridgehead atoms.